The van der Waals surface area contributed by atoms with Crippen molar-refractivity contribution >= 4 is 37.6 Å². The summed E-state index contributed by atoms with van der Waals surface area (Å²) in [7, 11) is -3.72. The summed E-state index contributed by atoms with van der Waals surface area (Å²) in [6.07, 6.45) is 1.93. The number of nitrogens with zero attached hydrogens (tertiary/aromatic N) is 1. The highest BCUT2D eigenvalue weighted by atomic mass is 79.9. The molecule has 112 valence electrons. The zero-order valence-electron chi connectivity index (χ0n) is 10.8. The molecule has 1 aromatic carbocycles. The number of pyridine rings is 1. The van der Waals surface area contributed by atoms with E-state index < -0.39 is 10.0 Å². The van der Waals surface area contributed by atoms with Gasteiger partial charge >= 0.3 is 0 Å². The van der Waals surface area contributed by atoms with E-state index in [0.717, 1.165) is 5.56 Å². The summed E-state index contributed by atoms with van der Waals surface area (Å²) in [6, 6.07) is 7.98. The van der Waals surface area contributed by atoms with E-state index in [1.807, 2.05) is 0 Å². The van der Waals surface area contributed by atoms with Crippen molar-refractivity contribution in [3.63, 3.8) is 0 Å². The van der Waals surface area contributed by atoms with Crippen molar-refractivity contribution < 1.29 is 13.5 Å². The Labute approximate surface area is 136 Å². The number of phenolic OH excluding ortho intramolecular Hbond substituents is 1. The molecule has 0 fully saturated rings. The van der Waals surface area contributed by atoms with Gasteiger partial charge < -0.3 is 5.11 Å². The van der Waals surface area contributed by atoms with E-state index in [4.69, 9.17) is 11.6 Å². The molecule has 8 heteroatoms. The summed E-state index contributed by atoms with van der Waals surface area (Å²) in [5.74, 6) is 0.173. The fraction of sp³-hybridized carbons (Fsp3) is 0.154. The summed E-state index contributed by atoms with van der Waals surface area (Å²) in [4.78, 5) is 3.73. The van der Waals surface area contributed by atoms with Crippen molar-refractivity contribution in [2.24, 2.45) is 0 Å². The topological polar surface area (TPSA) is 79.3 Å². The molecule has 2 rings (SSSR count). The molecule has 0 amide bonds. The van der Waals surface area contributed by atoms with Crippen LogP contribution in [-0.2, 0) is 16.4 Å². The maximum Gasteiger partial charge on any atom is 0.243 e. The van der Waals surface area contributed by atoms with Gasteiger partial charge in [0.15, 0.2) is 0 Å². The van der Waals surface area contributed by atoms with Gasteiger partial charge in [-0.3, -0.25) is 0 Å². The average Bonchev–Trinajstić information content (AvgIpc) is 2.43. The SMILES string of the molecule is O=S(=O)(NCCc1ccc(O)cc1)c1cc(Br)cnc1Cl. The highest BCUT2D eigenvalue weighted by Crippen LogP contribution is 2.22. The molecule has 0 bridgehead atoms. The first-order chi connectivity index (χ1) is 9.88. The minimum atomic E-state index is -3.72. The van der Waals surface area contributed by atoms with Gasteiger partial charge in [-0.15, -0.1) is 0 Å². The maximum absolute atomic E-state index is 12.2. The molecule has 0 radical (unpaired) electrons. The number of aromatic nitrogens is 1. The van der Waals surface area contributed by atoms with Gasteiger partial charge in [-0.2, -0.15) is 0 Å². The van der Waals surface area contributed by atoms with E-state index in [2.05, 4.69) is 25.6 Å². The van der Waals surface area contributed by atoms with Crippen molar-refractivity contribution in [1.29, 1.82) is 0 Å². The molecule has 0 saturated heterocycles. The highest BCUT2D eigenvalue weighted by molar-refractivity contribution is 9.10. The zero-order valence-corrected chi connectivity index (χ0v) is 13.9. The van der Waals surface area contributed by atoms with Crippen LogP contribution < -0.4 is 4.72 Å². The fourth-order valence-corrected chi connectivity index (χ4v) is 3.64. The van der Waals surface area contributed by atoms with Gasteiger partial charge in [0.25, 0.3) is 0 Å². The lowest BCUT2D eigenvalue weighted by atomic mass is 10.1. The second-order valence-electron chi connectivity index (χ2n) is 4.26. The van der Waals surface area contributed by atoms with Crippen molar-refractivity contribution in [2.75, 3.05) is 6.54 Å². The van der Waals surface area contributed by atoms with Crippen molar-refractivity contribution in [3.8, 4) is 5.75 Å². The number of hydrogen-bond donors (Lipinski definition) is 2. The minimum absolute atomic E-state index is 0.0655. The molecule has 1 aromatic heterocycles. The first kappa shape index (κ1) is 16.2. The van der Waals surface area contributed by atoms with Gasteiger partial charge in [0.05, 0.1) is 0 Å². The third-order valence-electron chi connectivity index (χ3n) is 2.71. The number of hydrogen-bond acceptors (Lipinski definition) is 4. The molecule has 21 heavy (non-hydrogen) atoms. The van der Waals surface area contributed by atoms with E-state index in [-0.39, 0.29) is 22.3 Å². The average molecular weight is 392 g/mol. The van der Waals surface area contributed by atoms with Crippen LogP contribution in [0.5, 0.6) is 5.75 Å². The third-order valence-corrected chi connectivity index (χ3v) is 5.03. The monoisotopic (exact) mass is 390 g/mol. The van der Waals surface area contributed by atoms with Gasteiger partial charge in [0.1, 0.15) is 15.8 Å². The van der Waals surface area contributed by atoms with Crippen molar-refractivity contribution in [3.05, 3.63) is 51.7 Å². The fourth-order valence-electron chi connectivity index (χ4n) is 1.66. The smallest absolute Gasteiger partial charge is 0.243 e. The molecule has 2 aromatic rings. The van der Waals surface area contributed by atoms with Gasteiger partial charge in [0.2, 0.25) is 10.0 Å². The lowest BCUT2D eigenvalue weighted by Crippen LogP contribution is -2.26. The standard InChI is InChI=1S/C13H12BrClN2O3S/c14-10-7-12(13(15)16-8-10)21(19,20)17-6-5-9-1-3-11(18)4-2-9/h1-4,7-8,17-18H,5-6H2. The van der Waals surface area contributed by atoms with Gasteiger partial charge in [-0.25, -0.2) is 18.1 Å². The van der Waals surface area contributed by atoms with Crippen LogP contribution in [0.2, 0.25) is 5.15 Å². The Morgan fingerprint density at radius 2 is 1.95 bits per heavy atom. The first-order valence-corrected chi connectivity index (χ1v) is 8.62. The van der Waals surface area contributed by atoms with Crippen LogP contribution in [0.25, 0.3) is 0 Å². The first-order valence-electron chi connectivity index (χ1n) is 5.97. The Morgan fingerprint density at radius 1 is 1.29 bits per heavy atom. The van der Waals surface area contributed by atoms with Crippen LogP contribution in [0.3, 0.4) is 0 Å². The van der Waals surface area contributed by atoms with Crippen LogP contribution in [0, 0.1) is 0 Å². The Balaban J connectivity index is 2.04. The summed E-state index contributed by atoms with van der Waals surface area (Å²) in [5, 5.41) is 9.11. The lowest BCUT2D eigenvalue weighted by Gasteiger charge is -2.08. The Bertz CT molecular complexity index is 736. The van der Waals surface area contributed by atoms with Crippen LogP contribution in [0.4, 0.5) is 0 Å². The molecular weight excluding hydrogens is 380 g/mol. The second-order valence-corrected chi connectivity index (χ2v) is 7.27. The Hall–Kier alpha value is -1.15. The minimum Gasteiger partial charge on any atom is -0.508 e. The highest BCUT2D eigenvalue weighted by Gasteiger charge is 2.18. The number of rotatable bonds is 5. The predicted octanol–water partition coefficient (Wildman–Crippen LogP) is 2.72. The lowest BCUT2D eigenvalue weighted by molar-refractivity contribution is 0.475. The molecule has 0 atom stereocenters. The molecule has 0 unspecified atom stereocenters. The van der Waals surface area contributed by atoms with Crippen LogP contribution in [0.15, 0.2) is 45.9 Å². The number of benzene rings is 1. The summed E-state index contributed by atoms with van der Waals surface area (Å²) in [6.45, 7) is 0.218. The molecule has 5 nitrogen and oxygen atoms in total. The number of aromatic hydroxyl groups is 1. The summed E-state index contributed by atoms with van der Waals surface area (Å²) < 4.78 is 27.3. The Morgan fingerprint density at radius 3 is 2.62 bits per heavy atom. The van der Waals surface area contributed by atoms with E-state index in [9.17, 15) is 13.5 Å². The van der Waals surface area contributed by atoms with Gasteiger partial charge in [-0.1, -0.05) is 23.7 Å². The number of sulfonamides is 1. The molecule has 0 aliphatic carbocycles. The van der Waals surface area contributed by atoms with Gasteiger partial charge in [-0.05, 0) is 46.1 Å². The third kappa shape index (κ3) is 4.41. The molecule has 2 N–H and O–H groups in total. The summed E-state index contributed by atoms with van der Waals surface area (Å²) >= 11 is 8.98. The number of halogens is 2. The quantitative estimate of drug-likeness (QED) is 0.768. The number of phenols is 1. The summed E-state index contributed by atoms with van der Waals surface area (Å²) in [5.41, 5.74) is 0.911. The van der Waals surface area contributed by atoms with E-state index >= 15 is 0 Å². The van der Waals surface area contributed by atoms with Crippen molar-refractivity contribution in [2.45, 2.75) is 11.3 Å². The Kier molecular flexibility index (Phi) is 5.21. The molecule has 0 aliphatic rings. The van der Waals surface area contributed by atoms with Gasteiger partial charge in [0, 0.05) is 17.2 Å². The van der Waals surface area contributed by atoms with Crippen LogP contribution in [-0.4, -0.2) is 25.1 Å². The molecule has 0 aliphatic heterocycles. The predicted molar refractivity (Wildman–Crippen MR) is 83.9 cm³/mol. The van der Waals surface area contributed by atoms with Crippen LogP contribution >= 0.6 is 27.5 Å². The zero-order chi connectivity index (χ0) is 15.5. The largest absolute Gasteiger partial charge is 0.508 e. The molecular formula is C13H12BrClN2O3S. The number of nitrogens with one attached hydrogen (secondary N) is 1. The molecule has 1 heterocycles. The van der Waals surface area contributed by atoms with E-state index in [1.165, 1.54) is 12.3 Å². The maximum atomic E-state index is 12.2. The van der Waals surface area contributed by atoms with E-state index in [1.54, 1.807) is 24.3 Å². The molecule has 0 saturated carbocycles. The van der Waals surface area contributed by atoms with Crippen LogP contribution in [0.1, 0.15) is 5.56 Å². The molecule has 0 spiro atoms. The van der Waals surface area contributed by atoms with Crippen molar-refractivity contribution in [1.82, 2.24) is 9.71 Å². The van der Waals surface area contributed by atoms with E-state index in [0.29, 0.717) is 10.9 Å². The normalized spacial score (nSPS) is 11.5. The second kappa shape index (κ2) is 6.74.